The maximum Gasteiger partial charge on any atom is 0.154 e. The lowest BCUT2D eigenvalue weighted by molar-refractivity contribution is 0.558. The average Bonchev–Trinajstić information content (AvgIpc) is 2.79. The highest BCUT2D eigenvalue weighted by molar-refractivity contribution is 7.90. The Morgan fingerprint density at radius 2 is 1.79 bits per heavy atom. The quantitative estimate of drug-likeness (QED) is 0.903. The third-order valence-electron chi connectivity index (χ3n) is 3.60. The minimum atomic E-state index is -3.17. The maximum atomic E-state index is 13.3. The third-order valence-corrected chi connectivity index (χ3v) is 5.36. The van der Waals surface area contributed by atoms with Crippen LogP contribution in [-0.2, 0) is 22.1 Å². The predicted octanol–water partition coefficient (Wildman–Crippen LogP) is 2.39. The van der Waals surface area contributed by atoms with Gasteiger partial charge in [0.2, 0.25) is 0 Å². The number of sulfone groups is 1. The highest BCUT2D eigenvalue weighted by Gasteiger charge is 2.23. The van der Waals surface area contributed by atoms with E-state index >= 15 is 0 Å². The van der Waals surface area contributed by atoms with Crippen LogP contribution in [0, 0.1) is 11.7 Å². The van der Waals surface area contributed by atoms with Gasteiger partial charge in [-0.2, -0.15) is 0 Å². The Morgan fingerprint density at radius 1 is 1.16 bits per heavy atom. The van der Waals surface area contributed by atoms with Crippen LogP contribution in [0.3, 0.4) is 0 Å². The number of rotatable bonds is 5. The summed E-state index contributed by atoms with van der Waals surface area (Å²) < 4.78 is 37.6. The Morgan fingerprint density at radius 3 is 2.42 bits per heavy atom. The van der Waals surface area contributed by atoms with E-state index in [0.29, 0.717) is 11.1 Å². The summed E-state index contributed by atoms with van der Waals surface area (Å²) in [5, 5.41) is 0. The molecule has 3 nitrogen and oxygen atoms in total. The van der Waals surface area contributed by atoms with E-state index in [9.17, 15) is 12.8 Å². The summed E-state index contributed by atoms with van der Waals surface area (Å²) in [5.41, 5.74) is 6.60. The molecule has 0 heterocycles. The molecule has 0 unspecified atom stereocenters. The molecule has 19 heavy (non-hydrogen) atoms. The molecule has 1 saturated carbocycles. The first-order valence-electron chi connectivity index (χ1n) is 6.67. The fraction of sp³-hybridized carbons (Fsp3) is 0.571. The fourth-order valence-corrected chi connectivity index (χ4v) is 4.61. The molecular weight excluding hydrogens is 265 g/mol. The molecular formula is C14H20FNO2S. The van der Waals surface area contributed by atoms with Crippen LogP contribution in [0.2, 0.25) is 0 Å². The lowest BCUT2D eigenvalue weighted by Crippen LogP contribution is -2.16. The van der Waals surface area contributed by atoms with E-state index in [1.807, 2.05) is 0 Å². The molecule has 0 radical (unpaired) electrons. The summed E-state index contributed by atoms with van der Waals surface area (Å²) in [6.45, 7) is 0.216. The number of hydrogen-bond donors (Lipinski definition) is 1. The van der Waals surface area contributed by atoms with Crippen molar-refractivity contribution in [2.24, 2.45) is 11.7 Å². The summed E-state index contributed by atoms with van der Waals surface area (Å²) >= 11 is 0. The summed E-state index contributed by atoms with van der Waals surface area (Å²) in [6, 6.07) is 4.30. The third kappa shape index (κ3) is 4.28. The van der Waals surface area contributed by atoms with E-state index in [1.165, 1.54) is 12.1 Å². The highest BCUT2D eigenvalue weighted by Crippen LogP contribution is 2.27. The normalized spacial score (nSPS) is 16.9. The Balaban J connectivity index is 2.08. The number of benzene rings is 1. The van der Waals surface area contributed by atoms with Crippen molar-refractivity contribution in [1.82, 2.24) is 0 Å². The van der Waals surface area contributed by atoms with Crippen LogP contribution >= 0.6 is 0 Å². The van der Waals surface area contributed by atoms with E-state index in [2.05, 4.69) is 0 Å². The first-order valence-corrected chi connectivity index (χ1v) is 8.49. The first kappa shape index (κ1) is 14.5. The molecule has 0 spiro atoms. The first-order chi connectivity index (χ1) is 8.98. The SMILES string of the molecule is NCc1cc(F)cc(CS(=O)(=O)CC2CCCC2)c1. The zero-order valence-electron chi connectivity index (χ0n) is 10.9. The standard InChI is InChI=1S/C14H20FNO2S/c15-14-6-12(8-16)5-13(7-14)10-19(17,18)9-11-3-1-2-4-11/h5-7,11H,1-4,8-10,16H2. The van der Waals surface area contributed by atoms with Crippen LogP contribution in [0.1, 0.15) is 36.8 Å². The van der Waals surface area contributed by atoms with E-state index < -0.39 is 15.7 Å². The lowest BCUT2D eigenvalue weighted by Gasteiger charge is -2.10. The molecule has 0 saturated heterocycles. The van der Waals surface area contributed by atoms with Gasteiger partial charge in [0.05, 0.1) is 11.5 Å². The molecule has 2 N–H and O–H groups in total. The van der Waals surface area contributed by atoms with E-state index in [-0.39, 0.29) is 24.0 Å². The van der Waals surface area contributed by atoms with Crippen LogP contribution in [0.5, 0.6) is 0 Å². The second kappa shape index (κ2) is 6.01. The van der Waals surface area contributed by atoms with Crippen molar-refractivity contribution in [2.45, 2.75) is 38.0 Å². The lowest BCUT2D eigenvalue weighted by atomic mass is 10.1. The van der Waals surface area contributed by atoms with Gasteiger partial charge in [0, 0.05) is 6.54 Å². The molecule has 0 aromatic heterocycles. The van der Waals surface area contributed by atoms with Gasteiger partial charge < -0.3 is 5.73 Å². The number of hydrogen-bond acceptors (Lipinski definition) is 3. The van der Waals surface area contributed by atoms with Gasteiger partial charge in [-0.05, 0) is 42.0 Å². The van der Waals surface area contributed by atoms with Gasteiger partial charge in [0.1, 0.15) is 5.82 Å². The van der Waals surface area contributed by atoms with Crippen molar-refractivity contribution in [2.75, 3.05) is 5.75 Å². The zero-order chi connectivity index (χ0) is 13.9. The van der Waals surface area contributed by atoms with Gasteiger partial charge in [-0.25, -0.2) is 12.8 Å². The van der Waals surface area contributed by atoms with Crippen molar-refractivity contribution in [3.63, 3.8) is 0 Å². The molecule has 0 atom stereocenters. The average molecular weight is 285 g/mol. The number of halogens is 1. The monoisotopic (exact) mass is 285 g/mol. The van der Waals surface area contributed by atoms with Crippen molar-refractivity contribution in [3.05, 3.63) is 35.1 Å². The van der Waals surface area contributed by atoms with Gasteiger partial charge in [-0.1, -0.05) is 18.9 Å². The minimum absolute atomic E-state index is 0.0890. The molecule has 2 rings (SSSR count). The Bertz CT molecular complexity index is 536. The second-order valence-corrected chi connectivity index (χ2v) is 7.49. The van der Waals surface area contributed by atoms with Gasteiger partial charge in [0.25, 0.3) is 0 Å². The van der Waals surface area contributed by atoms with Crippen molar-refractivity contribution < 1.29 is 12.8 Å². The van der Waals surface area contributed by atoms with Gasteiger partial charge in [-0.3, -0.25) is 0 Å². The zero-order valence-corrected chi connectivity index (χ0v) is 11.8. The van der Waals surface area contributed by atoms with E-state index in [1.54, 1.807) is 6.07 Å². The van der Waals surface area contributed by atoms with Crippen LogP contribution in [0.25, 0.3) is 0 Å². The van der Waals surface area contributed by atoms with Gasteiger partial charge in [0.15, 0.2) is 9.84 Å². The predicted molar refractivity (Wildman–Crippen MR) is 73.7 cm³/mol. The molecule has 1 aliphatic carbocycles. The summed E-state index contributed by atoms with van der Waals surface area (Å²) in [4.78, 5) is 0. The Labute approximate surface area is 113 Å². The molecule has 0 aliphatic heterocycles. The van der Waals surface area contributed by atoms with Crippen molar-refractivity contribution >= 4 is 9.84 Å². The molecule has 0 bridgehead atoms. The summed E-state index contributed by atoms with van der Waals surface area (Å²) in [5.74, 6) is -0.00280. The Hall–Kier alpha value is -0.940. The van der Waals surface area contributed by atoms with Crippen molar-refractivity contribution in [1.29, 1.82) is 0 Å². The van der Waals surface area contributed by atoms with E-state index in [4.69, 9.17) is 5.73 Å². The number of nitrogens with two attached hydrogens (primary N) is 1. The second-order valence-electron chi connectivity index (χ2n) is 5.38. The molecule has 106 valence electrons. The highest BCUT2D eigenvalue weighted by atomic mass is 32.2. The van der Waals surface area contributed by atoms with Crippen LogP contribution < -0.4 is 5.73 Å². The summed E-state index contributed by atoms with van der Waals surface area (Å²) in [7, 11) is -3.17. The van der Waals surface area contributed by atoms with Gasteiger partial charge in [-0.15, -0.1) is 0 Å². The van der Waals surface area contributed by atoms with Crippen LogP contribution in [-0.4, -0.2) is 14.2 Å². The van der Waals surface area contributed by atoms with Crippen LogP contribution in [0.4, 0.5) is 4.39 Å². The molecule has 1 fully saturated rings. The topological polar surface area (TPSA) is 60.2 Å². The molecule has 1 aliphatic rings. The summed E-state index contributed by atoms with van der Waals surface area (Å²) in [6.07, 6.45) is 4.24. The molecule has 1 aromatic carbocycles. The Kier molecular flexibility index (Phi) is 4.58. The van der Waals surface area contributed by atoms with E-state index in [0.717, 1.165) is 25.7 Å². The van der Waals surface area contributed by atoms with Crippen molar-refractivity contribution in [3.8, 4) is 0 Å². The largest absolute Gasteiger partial charge is 0.326 e. The van der Waals surface area contributed by atoms with Crippen LogP contribution in [0.15, 0.2) is 18.2 Å². The fourth-order valence-electron chi connectivity index (χ4n) is 2.77. The smallest absolute Gasteiger partial charge is 0.154 e. The molecule has 1 aromatic rings. The molecule has 0 amide bonds. The maximum absolute atomic E-state index is 13.3. The molecule has 5 heteroatoms. The van der Waals surface area contributed by atoms with Gasteiger partial charge >= 0.3 is 0 Å². The minimum Gasteiger partial charge on any atom is -0.326 e.